The molecule has 0 fully saturated rings. The number of aromatic nitrogens is 1. The van der Waals surface area contributed by atoms with Gasteiger partial charge in [-0.05, 0) is 40.8 Å². The maximum atomic E-state index is 11.2. The Hall–Kier alpha value is -2.43. The van der Waals surface area contributed by atoms with Gasteiger partial charge in [0.15, 0.2) is 0 Å². The first-order valence-electron chi connectivity index (χ1n) is 5.50. The number of carboxylic acids is 1. The van der Waals surface area contributed by atoms with Gasteiger partial charge in [0.2, 0.25) is 11.7 Å². The number of halogens is 1. The summed E-state index contributed by atoms with van der Waals surface area (Å²) in [6, 6.07) is 6.97. The van der Waals surface area contributed by atoms with E-state index >= 15 is 0 Å². The van der Waals surface area contributed by atoms with Crippen LogP contribution in [0.2, 0.25) is 0 Å². The molecule has 0 aliphatic carbocycles. The van der Waals surface area contributed by atoms with Crippen LogP contribution in [-0.2, 0) is 0 Å². The van der Waals surface area contributed by atoms with Crippen LogP contribution in [0.25, 0.3) is 0 Å². The molecule has 0 aliphatic rings. The quantitative estimate of drug-likeness (QED) is 0.458. The smallest absolute Gasteiger partial charge is 0.339 e. The van der Waals surface area contributed by atoms with Crippen molar-refractivity contribution in [2.45, 2.75) is 0 Å². The van der Waals surface area contributed by atoms with Crippen molar-refractivity contribution in [3.63, 3.8) is 0 Å². The molecular formula is C12H8IN3O5. The highest BCUT2D eigenvalue weighted by Crippen LogP contribution is 2.28. The molecule has 9 heteroatoms. The summed E-state index contributed by atoms with van der Waals surface area (Å²) in [6.07, 6.45) is 0. The third-order valence-corrected chi connectivity index (χ3v) is 3.13. The van der Waals surface area contributed by atoms with Crippen molar-refractivity contribution in [1.82, 2.24) is 4.98 Å². The number of carboxylic acid groups (broad SMARTS) is 1. The first-order valence-corrected chi connectivity index (χ1v) is 6.58. The van der Waals surface area contributed by atoms with Crippen molar-refractivity contribution in [2.24, 2.45) is 0 Å². The topological polar surface area (TPSA) is 129 Å². The number of ether oxygens (including phenoxy) is 1. The van der Waals surface area contributed by atoms with E-state index < -0.39 is 10.9 Å². The molecule has 108 valence electrons. The molecule has 1 heterocycles. The molecule has 1 aromatic carbocycles. The third-order valence-electron chi connectivity index (χ3n) is 2.46. The molecule has 3 N–H and O–H groups in total. The van der Waals surface area contributed by atoms with Gasteiger partial charge in [0.05, 0.1) is 4.92 Å². The summed E-state index contributed by atoms with van der Waals surface area (Å²) in [6.45, 7) is 0. The lowest BCUT2D eigenvalue weighted by Crippen LogP contribution is -2.03. The fourth-order valence-corrected chi connectivity index (χ4v) is 2.02. The zero-order chi connectivity index (χ0) is 15.6. The third kappa shape index (κ3) is 3.37. The van der Waals surface area contributed by atoms with Crippen molar-refractivity contribution in [3.05, 3.63) is 49.6 Å². The Labute approximate surface area is 131 Å². The van der Waals surface area contributed by atoms with Crippen LogP contribution in [0.1, 0.15) is 10.4 Å². The van der Waals surface area contributed by atoms with Crippen LogP contribution in [0.15, 0.2) is 30.3 Å². The summed E-state index contributed by atoms with van der Waals surface area (Å²) >= 11 is 1.97. The minimum absolute atomic E-state index is 0.0261. The van der Waals surface area contributed by atoms with Crippen LogP contribution < -0.4 is 10.5 Å². The lowest BCUT2D eigenvalue weighted by atomic mass is 10.2. The number of pyridine rings is 1. The first-order chi connectivity index (χ1) is 9.88. The van der Waals surface area contributed by atoms with E-state index in [0.29, 0.717) is 0 Å². The lowest BCUT2D eigenvalue weighted by molar-refractivity contribution is -0.384. The Morgan fingerprint density at radius 2 is 2.10 bits per heavy atom. The molecule has 2 aromatic rings. The number of nitrogens with zero attached hydrogens (tertiary/aromatic N) is 2. The molecule has 0 saturated carbocycles. The SMILES string of the molecule is Nc1nc(Oc2ccc(I)cc2C(=O)O)ccc1[N+](=O)[O-]. The van der Waals surface area contributed by atoms with Gasteiger partial charge in [-0.2, -0.15) is 4.98 Å². The Kier molecular flexibility index (Phi) is 4.21. The predicted octanol–water partition coefficient (Wildman–Crippen LogP) is 2.67. The van der Waals surface area contributed by atoms with Crippen LogP contribution >= 0.6 is 22.6 Å². The maximum absolute atomic E-state index is 11.2. The molecule has 8 nitrogen and oxygen atoms in total. The lowest BCUT2D eigenvalue weighted by Gasteiger charge is -2.08. The van der Waals surface area contributed by atoms with Gasteiger partial charge < -0.3 is 15.6 Å². The standard InChI is InChI=1S/C12H8IN3O5/c13-6-1-3-9(7(5-6)12(17)18)21-10-4-2-8(16(19)20)11(14)15-10/h1-5H,(H2,14,15)(H,17,18). The highest BCUT2D eigenvalue weighted by Gasteiger charge is 2.16. The summed E-state index contributed by atoms with van der Waals surface area (Å²) in [5.41, 5.74) is 5.06. The zero-order valence-electron chi connectivity index (χ0n) is 10.3. The van der Waals surface area contributed by atoms with Crippen molar-refractivity contribution >= 4 is 40.1 Å². The number of carbonyl (C=O) groups is 1. The fourth-order valence-electron chi connectivity index (χ4n) is 1.53. The second-order valence-electron chi connectivity index (χ2n) is 3.86. The van der Waals surface area contributed by atoms with E-state index in [9.17, 15) is 14.9 Å². The van der Waals surface area contributed by atoms with Gasteiger partial charge in [-0.3, -0.25) is 10.1 Å². The molecule has 21 heavy (non-hydrogen) atoms. The fraction of sp³-hybridized carbons (Fsp3) is 0. The van der Waals surface area contributed by atoms with Crippen molar-refractivity contribution in [3.8, 4) is 11.6 Å². The van der Waals surface area contributed by atoms with Crippen LogP contribution in [-0.4, -0.2) is 21.0 Å². The van der Waals surface area contributed by atoms with E-state index in [0.717, 1.165) is 9.64 Å². The van der Waals surface area contributed by atoms with Crippen molar-refractivity contribution in [1.29, 1.82) is 0 Å². The average molecular weight is 401 g/mol. The van der Waals surface area contributed by atoms with Crippen molar-refractivity contribution < 1.29 is 19.6 Å². The molecule has 0 aliphatic heterocycles. The Balaban J connectivity index is 2.37. The van der Waals surface area contributed by atoms with Gasteiger partial charge >= 0.3 is 11.7 Å². The number of nitrogens with two attached hydrogens (primary N) is 1. The molecule has 1 aromatic heterocycles. The molecular weight excluding hydrogens is 393 g/mol. The van der Waals surface area contributed by atoms with E-state index in [1.807, 2.05) is 22.6 Å². The van der Waals surface area contributed by atoms with E-state index in [1.54, 1.807) is 6.07 Å². The van der Waals surface area contributed by atoms with E-state index in [1.165, 1.54) is 18.2 Å². The van der Waals surface area contributed by atoms with Gasteiger partial charge in [-0.1, -0.05) is 0 Å². The van der Waals surface area contributed by atoms with Gasteiger partial charge in [0, 0.05) is 15.7 Å². The number of aromatic carboxylic acids is 1. The van der Waals surface area contributed by atoms with Crippen LogP contribution in [0.4, 0.5) is 11.5 Å². The van der Waals surface area contributed by atoms with E-state index in [-0.39, 0.29) is 28.7 Å². The molecule has 0 saturated heterocycles. The highest BCUT2D eigenvalue weighted by atomic mass is 127. The second-order valence-corrected chi connectivity index (χ2v) is 5.10. The average Bonchev–Trinajstić information content (AvgIpc) is 2.40. The zero-order valence-corrected chi connectivity index (χ0v) is 12.5. The summed E-state index contributed by atoms with van der Waals surface area (Å²) in [4.78, 5) is 24.9. The molecule has 0 radical (unpaired) electrons. The minimum atomic E-state index is -1.15. The highest BCUT2D eigenvalue weighted by molar-refractivity contribution is 14.1. The molecule has 0 bridgehead atoms. The molecule has 0 unspecified atom stereocenters. The summed E-state index contributed by atoms with van der Waals surface area (Å²) in [5, 5.41) is 19.8. The van der Waals surface area contributed by atoms with Gasteiger partial charge in [-0.25, -0.2) is 4.79 Å². The largest absolute Gasteiger partial charge is 0.478 e. The van der Waals surface area contributed by atoms with Crippen LogP contribution in [0, 0.1) is 13.7 Å². The number of hydrogen-bond donors (Lipinski definition) is 2. The van der Waals surface area contributed by atoms with Gasteiger partial charge in [0.25, 0.3) is 0 Å². The number of nitrogen functional groups attached to an aromatic ring is 1. The molecule has 0 atom stereocenters. The molecule has 0 spiro atoms. The van der Waals surface area contributed by atoms with E-state index in [4.69, 9.17) is 15.6 Å². The van der Waals surface area contributed by atoms with E-state index in [2.05, 4.69) is 4.98 Å². The van der Waals surface area contributed by atoms with Crippen molar-refractivity contribution in [2.75, 3.05) is 5.73 Å². The number of benzene rings is 1. The molecule has 0 amide bonds. The second kappa shape index (κ2) is 5.91. The van der Waals surface area contributed by atoms with Gasteiger partial charge in [0.1, 0.15) is 11.3 Å². The summed E-state index contributed by atoms with van der Waals surface area (Å²) < 4.78 is 6.07. The Bertz CT molecular complexity index is 735. The summed E-state index contributed by atoms with van der Waals surface area (Å²) in [7, 11) is 0. The summed E-state index contributed by atoms with van der Waals surface area (Å²) in [5.74, 6) is -1.41. The minimum Gasteiger partial charge on any atom is -0.478 e. The molecule has 2 rings (SSSR count). The number of rotatable bonds is 4. The normalized spacial score (nSPS) is 10.1. The Morgan fingerprint density at radius 1 is 1.38 bits per heavy atom. The number of hydrogen-bond acceptors (Lipinski definition) is 6. The number of nitro groups is 1. The monoisotopic (exact) mass is 401 g/mol. The van der Waals surface area contributed by atoms with Gasteiger partial charge in [-0.15, -0.1) is 0 Å². The number of anilines is 1. The maximum Gasteiger partial charge on any atom is 0.339 e. The first kappa shape index (κ1) is 15.0. The predicted molar refractivity (Wildman–Crippen MR) is 81.5 cm³/mol. The van der Waals surface area contributed by atoms with Crippen LogP contribution in [0.3, 0.4) is 0 Å². The van der Waals surface area contributed by atoms with Crippen LogP contribution in [0.5, 0.6) is 11.6 Å². The Morgan fingerprint density at radius 3 is 2.67 bits per heavy atom.